The van der Waals surface area contributed by atoms with Crippen LogP contribution in [0.4, 0.5) is 0 Å². The molecule has 4 rings (SSSR count). The number of carbonyl (C=O) groups is 5. The molecule has 63 heavy (non-hydrogen) atoms. The SMILES string of the molecule is COC1CCC(C[C@@H](C)[C@@H]2CC(=O)[C@H](C)/C=C(\C)[C@@H](O)[C@@H](O)C(=O)[C@H](C)C[C@H](C)/C=C/C=C/C=C(\C)[C@@H](OC)C[C@@H]3CC[C@@H](C)[C@@](O)(O3)C(=O)C(=O)N3CCCC[C@H]3C(=O)O2)CC1. The van der Waals surface area contributed by atoms with E-state index in [2.05, 4.69) is 0 Å². The molecule has 0 unspecified atom stereocenters. The predicted octanol–water partition coefficient (Wildman–Crippen LogP) is 6.56. The van der Waals surface area contributed by atoms with E-state index in [4.69, 9.17) is 18.9 Å². The summed E-state index contributed by atoms with van der Waals surface area (Å²) in [4.78, 5) is 71.1. The Bertz CT molecular complexity index is 1690. The summed E-state index contributed by atoms with van der Waals surface area (Å²) in [6.07, 6.45) is 13.4. The standard InChI is InChI=1S/C50H77NO12/c1-30-15-11-10-12-16-31(2)42(61-9)28-39-21-18-36(7)50(59,63-39)47(56)48(57)51-24-14-13-17-40(51)49(58)62-43(33(4)27-37-19-22-38(60-8)23-20-37)29-41(52)32(3)26-35(6)45(54)46(55)44(53)34(5)25-30/h10-12,15-16,26,30,32-34,36-40,42-43,45-46,54-55,59H,13-14,17-25,27-29H2,1-9H3/b12-10+,15-11+,31-16+,35-26+/t30-,32-,33-,34-,36-,37?,38?,39+,40+,42+,43+,45-,46+,50-/m1/s1. The van der Waals surface area contributed by atoms with Crippen LogP contribution in [0, 0.1) is 35.5 Å². The van der Waals surface area contributed by atoms with Crippen LogP contribution in [-0.4, -0.2) is 119 Å². The van der Waals surface area contributed by atoms with Crippen molar-refractivity contribution in [3.63, 3.8) is 0 Å². The molecule has 13 nitrogen and oxygen atoms in total. The molecule has 0 radical (unpaired) electrons. The highest BCUT2D eigenvalue weighted by Crippen LogP contribution is 2.37. The van der Waals surface area contributed by atoms with Crippen LogP contribution in [0.3, 0.4) is 0 Å². The van der Waals surface area contributed by atoms with E-state index in [0.717, 1.165) is 31.3 Å². The number of aliphatic hydroxyl groups excluding tert-OH is 2. The van der Waals surface area contributed by atoms with E-state index in [9.17, 15) is 39.3 Å². The number of amides is 1. The van der Waals surface area contributed by atoms with E-state index in [-0.39, 0.29) is 48.7 Å². The second-order valence-electron chi connectivity index (χ2n) is 19.2. The van der Waals surface area contributed by atoms with Crippen molar-refractivity contribution in [2.45, 2.75) is 180 Å². The first-order valence-electron chi connectivity index (χ1n) is 23.4. The van der Waals surface area contributed by atoms with Gasteiger partial charge in [0.15, 0.2) is 5.78 Å². The van der Waals surface area contributed by atoms with Crippen molar-refractivity contribution >= 4 is 29.2 Å². The summed E-state index contributed by atoms with van der Waals surface area (Å²) in [5, 5.41) is 34.0. The fraction of sp³-hybridized carbons (Fsp3) is 0.740. The fourth-order valence-corrected chi connectivity index (χ4v) is 9.83. The number of ketones is 3. The molecule has 3 N–H and O–H groups in total. The summed E-state index contributed by atoms with van der Waals surface area (Å²) in [6, 6.07) is -1.11. The average Bonchev–Trinajstić information content (AvgIpc) is 3.27. The summed E-state index contributed by atoms with van der Waals surface area (Å²) in [5.74, 6) is -7.99. The van der Waals surface area contributed by atoms with Gasteiger partial charge in [0.25, 0.3) is 11.7 Å². The van der Waals surface area contributed by atoms with E-state index in [0.29, 0.717) is 50.9 Å². The maximum atomic E-state index is 14.3. The lowest BCUT2D eigenvalue weighted by atomic mass is 9.79. The average molecular weight is 884 g/mol. The van der Waals surface area contributed by atoms with E-state index in [1.165, 1.54) is 4.90 Å². The molecule has 1 aliphatic carbocycles. The van der Waals surface area contributed by atoms with Crippen LogP contribution in [0.25, 0.3) is 0 Å². The van der Waals surface area contributed by atoms with Crippen molar-refractivity contribution < 1.29 is 58.2 Å². The van der Waals surface area contributed by atoms with Crippen molar-refractivity contribution in [2.75, 3.05) is 20.8 Å². The number of piperidine rings is 1. The van der Waals surface area contributed by atoms with Gasteiger partial charge in [0, 0.05) is 51.4 Å². The van der Waals surface area contributed by atoms with E-state index >= 15 is 0 Å². The molecule has 13 heteroatoms. The number of aliphatic hydroxyl groups is 3. The van der Waals surface area contributed by atoms with Gasteiger partial charge in [0.1, 0.15) is 30.1 Å². The van der Waals surface area contributed by atoms with Gasteiger partial charge in [-0.3, -0.25) is 19.2 Å². The highest BCUT2D eigenvalue weighted by Gasteiger charge is 2.53. The Morgan fingerprint density at radius 1 is 0.841 bits per heavy atom. The molecule has 3 aliphatic heterocycles. The number of Topliss-reactive ketones (excluding diaryl/α,β-unsaturated/α-hetero) is 3. The Kier molecular flexibility index (Phi) is 20.1. The van der Waals surface area contributed by atoms with Gasteiger partial charge in [-0.2, -0.15) is 0 Å². The third kappa shape index (κ3) is 14.1. The molecule has 3 heterocycles. The highest BCUT2D eigenvalue weighted by atomic mass is 16.6. The largest absolute Gasteiger partial charge is 0.460 e. The Balaban J connectivity index is 1.67. The molecule has 2 saturated heterocycles. The van der Waals surface area contributed by atoms with Crippen molar-refractivity contribution in [3.8, 4) is 0 Å². The molecule has 4 aliphatic rings. The molecule has 12 atom stereocenters. The monoisotopic (exact) mass is 884 g/mol. The first kappa shape index (κ1) is 52.3. The highest BCUT2D eigenvalue weighted by molar-refractivity contribution is 6.39. The van der Waals surface area contributed by atoms with Crippen LogP contribution in [-0.2, 0) is 42.9 Å². The third-order valence-electron chi connectivity index (χ3n) is 14.2. The molecule has 0 aromatic heterocycles. The topological polar surface area (TPSA) is 186 Å². The number of fused-ring (bicyclic) bond motifs is 3. The Morgan fingerprint density at radius 3 is 2.21 bits per heavy atom. The Hall–Kier alpha value is -3.33. The Morgan fingerprint density at radius 2 is 1.54 bits per heavy atom. The van der Waals surface area contributed by atoms with Gasteiger partial charge < -0.3 is 39.2 Å². The fourth-order valence-electron chi connectivity index (χ4n) is 9.83. The number of methoxy groups -OCH3 is 2. The van der Waals surface area contributed by atoms with Gasteiger partial charge in [-0.1, -0.05) is 71.1 Å². The molecule has 2 bridgehead atoms. The van der Waals surface area contributed by atoms with Gasteiger partial charge in [-0.25, -0.2) is 4.79 Å². The van der Waals surface area contributed by atoms with Crippen molar-refractivity contribution in [1.82, 2.24) is 4.90 Å². The molecule has 1 saturated carbocycles. The minimum Gasteiger partial charge on any atom is -0.460 e. The number of hydrogen-bond acceptors (Lipinski definition) is 12. The zero-order valence-corrected chi connectivity index (χ0v) is 39.3. The smallest absolute Gasteiger partial charge is 0.329 e. The quantitative estimate of drug-likeness (QED) is 0.154. The number of allylic oxidation sites excluding steroid dienone is 6. The molecule has 3 fully saturated rings. The summed E-state index contributed by atoms with van der Waals surface area (Å²) in [7, 11) is 3.29. The lowest BCUT2D eigenvalue weighted by Gasteiger charge is -2.42. The van der Waals surface area contributed by atoms with Crippen molar-refractivity contribution in [1.29, 1.82) is 0 Å². The van der Waals surface area contributed by atoms with Gasteiger partial charge >= 0.3 is 5.97 Å². The normalized spacial score (nSPS) is 40.1. The van der Waals surface area contributed by atoms with Gasteiger partial charge in [-0.15, -0.1) is 0 Å². The first-order chi connectivity index (χ1) is 29.8. The van der Waals surface area contributed by atoms with Gasteiger partial charge in [0.05, 0.1) is 18.3 Å². The summed E-state index contributed by atoms with van der Waals surface area (Å²) in [6.45, 7) is 12.6. The van der Waals surface area contributed by atoms with Crippen LogP contribution in [0.5, 0.6) is 0 Å². The lowest BCUT2D eigenvalue weighted by molar-refractivity contribution is -0.265. The van der Waals surface area contributed by atoms with Crippen LogP contribution >= 0.6 is 0 Å². The lowest BCUT2D eigenvalue weighted by Crippen LogP contribution is -2.61. The molecule has 1 amide bonds. The second kappa shape index (κ2) is 24.3. The van der Waals surface area contributed by atoms with Crippen LogP contribution < -0.4 is 0 Å². The molecule has 0 aromatic rings. The van der Waals surface area contributed by atoms with Crippen LogP contribution in [0.15, 0.2) is 47.6 Å². The van der Waals surface area contributed by atoms with E-state index in [1.54, 1.807) is 48.0 Å². The first-order valence-corrected chi connectivity index (χ1v) is 23.4. The number of carbonyl (C=O) groups excluding carboxylic acids is 5. The van der Waals surface area contributed by atoms with E-state index in [1.807, 2.05) is 51.2 Å². The number of ether oxygens (including phenoxy) is 4. The maximum Gasteiger partial charge on any atom is 0.329 e. The zero-order chi connectivity index (χ0) is 46.6. The number of hydrogen-bond donors (Lipinski definition) is 3. The summed E-state index contributed by atoms with van der Waals surface area (Å²) < 4.78 is 23.8. The van der Waals surface area contributed by atoms with Gasteiger partial charge in [0.2, 0.25) is 5.79 Å². The van der Waals surface area contributed by atoms with Crippen molar-refractivity contribution in [3.05, 3.63) is 47.6 Å². The van der Waals surface area contributed by atoms with Gasteiger partial charge in [-0.05, 0) is 113 Å². The third-order valence-corrected chi connectivity index (χ3v) is 14.2. The molecular weight excluding hydrogens is 807 g/mol. The number of rotatable bonds is 5. The number of esters is 1. The second-order valence-corrected chi connectivity index (χ2v) is 19.2. The zero-order valence-electron chi connectivity index (χ0n) is 39.3. The molecule has 0 spiro atoms. The maximum absolute atomic E-state index is 14.3. The van der Waals surface area contributed by atoms with Crippen molar-refractivity contribution in [2.24, 2.45) is 35.5 Å². The molecular formula is C50H77NO12. The number of cyclic esters (lactones) is 1. The predicted molar refractivity (Wildman–Crippen MR) is 239 cm³/mol. The van der Waals surface area contributed by atoms with E-state index < -0.39 is 83.5 Å². The minimum atomic E-state index is -2.41. The summed E-state index contributed by atoms with van der Waals surface area (Å²) >= 11 is 0. The van der Waals surface area contributed by atoms with Crippen LogP contribution in [0.2, 0.25) is 0 Å². The van der Waals surface area contributed by atoms with Crippen LogP contribution in [0.1, 0.15) is 132 Å². The number of nitrogens with zero attached hydrogens (tertiary/aromatic N) is 1. The minimum absolute atomic E-state index is 0.0233. The molecule has 0 aromatic carbocycles. The Labute approximate surface area is 375 Å². The molecule has 354 valence electrons. The summed E-state index contributed by atoms with van der Waals surface area (Å²) in [5.41, 5.74) is 1.15.